The van der Waals surface area contributed by atoms with Crippen LogP contribution >= 0.6 is 24.0 Å². The van der Waals surface area contributed by atoms with Crippen LogP contribution in [0.3, 0.4) is 0 Å². The highest BCUT2D eigenvalue weighted by Gasteiger charge is 2.31. The fourth-order valence-electron chi connectivity index (χ4n) is 3.94. The lowest BCUT2D eigenvalue weighted by atomic mass is 9.88. The van der Waals surface area contributed by atoms with Crippen LogP contribution in [0.5, 0.6) is 0 Å². The minimum Gasteiger partial charge on any atom is -0.444 e. The van der Waals surface area contributed by atoms with Crippen molar-refractivity contribution in [1.82, 2.24) is 20.4 Å². The van der Waals surface area contributed by atoms with Crippen LogP contribution in [0.4, 0.5) is 4.79 Å². The van der Waals surface area contributed by atoms with Crippen LogP contribution in [-0.2, 0) is 9.53 Å². The number of rotatable bonds is 6. The molecule has 2 aliphatic rings. The molecule has 0 spiro atoms. The molecule has 180 valence electrons. The number of nitrogens with one attached hydrogen (secondary N) is 2. The molecule has 9 heteroatoms. The molecule has 8 nitrogen and oxygen atoms in total. The highest BCUT2D eigenvalue weighted by molar-refractivity contribution is 14.0. The normalized spacial score (nSPS) is 20.1. The maximum atomic E-state index is 12.8. The molecule has 0 aromatic carbocycles. The van der Waals surface area contributed by atoms with E-state index in [1.165, 1.54) is 19.3 Å². The molecule has 0 bridgehead atoms. The zero-order valence-corrected chi connectivity index (χ0v) is 22.2. The molecule has 1 unspecified atom stereocenters. The molecule has 1 aliphatic heterocycles. The SMILES string of the molecule is CCNC(=NCCN(C)C(=O)OC(C)(C)C)NC1CCN(C(=O)C2CCCCC2)C1.I. The van der Waals surface area contributed by atoms with Crippen LogP contribution in [0.15, 0.2) is 4.99 Å². The molecule has 1 aliphatic carbocycles. The first-order valence-corrected chi connectivity index (χ1v) is 11.5. The summed E-state index contributed by atoms with van der Waals surface area (Å²) in [6.45, 7) is 10.8. The van der Waals surface area contributed by atoms with E-state index < -0.39 is 5.60 Å². The zero-order valence-electron chi connectivity index (χ0n) is 19.9. The van der Waals surface area contributed by atoms with Crippen LogP contribution in [-0.4, -0.2) is 79.2 Å². The summed E-state index contributed by atoms with van der Waals surface area (Å²) in [5, 5.41) is 6.72. The summed E-state index contributed by atoms with van der Waals surface area (Å²) >= 11 is 0. The van der Waals surface area contributed by atoms with Gasteiger partial charge in [0.1, 0.15) is 5.60 Å². The van der Waals surface area contributed by atoms with Gasteiger partial charge in [0.15, 0.2) is 5.96 Å². The number of hydrogen-bond donors (Lipinski definition) is 2. The first-order chi connectivity index (χ1) is 14.2. The minimum absolute atomic E-state index is 0. The van der Waals surface area contributed by atoms with E-state index in [1.54, 1.807) is 11.9 Å². The molecular formula is C22H42IN5O3. The van der Waals surface area contributed by atoms with Gasteiger partial charge in [-0.05, 0) is 47.0 Å². The summed E-state index contributed by atoms with van der Waals surface area (Å²) in [6.07, 6.45) is 6.30. The summed E-state index contributed by atoms with van der Waals surface area (Å²) in [6, 6.07) is 0.207. The Labute approximate surface area is 204 Å². The highest BCUT2D eigenvalue weighted by Crippen LogP contribution is 2.26. The monoisotopic (exact) mass is 551 g/mol. The molecule has 0 radical (unpaired) electrons. The largest absolute Gasteiger partial charge is 0.444 e. The lowest BCUT2D eigenvalue weighted by molar-refractivity contribution is -0.135. The number of amides is 2. The fourth-order valence-corrected chi connectivity index (χ4v) is 3.94. The van der Waals surface area contributed by atoms with Gasteiger partial charge in [-0.3, -0.25) is 9.79 Å². The molecule has 1 saturated carbocycles. The van der Waals surface area contributed by atoms with E-state index in [2.05, 4.69) is 15.6 Å². The van der Waals surface area contributed by atoms with Gasteiger partial charge in [0.05, 0.1) is 6.54 Å². The zero-order chi connectivity index (χ0) is 22.1. The highest BCUT2D eigenvalue weighted by atomic mass is 127. The number of nitrogens with zero attached hydrogens (tertiary/aromatic N) is 3. The number of guanidine groups is 1. The Kier molecular flexibility index (Phi) is 11.9. The molecule has 1 atom stereocenters. The van der Waals surface area contributed by atoms with Crippen LogP contribution in [0.2, 0.25) is 0 Å². The summed E-state index contributed by atoms with van der Waals surface area (Å²) in [5.74, 6) is 1.29. The number of likely N-dealkylation sites (N-methyl/N-ethyl adjacent to an activating group) is 1. The summed E-state index contributed by atoms with van der Waals surface area (Å²) in [7, 11) is 1.72. The maximum absolute atomic E-state index is 12.8. The lowest BCUT2D eigenvalue weighted by Gasteiger charge is -2.26. The molecule has 1 saturated heterocycles. The number of halogens is 1. The van der Waals surface area contributed by atoms with E-state index >= 15 is 0 Å². The third-order valence-electron chi connectivity index (χ3n) is 5.55. The van der Waals surface area contributed by atoms with Gasteiger partial charge in [-0.15, -0.1) is 24.0 Å². The van der Waals surface area contributed by atoms with E-state index in [0.29, 0.717) is 19.0 Å². The average Bonchev–Trinajstić information content (AvgIpc) is 3.15. The molecule has 2 N–H and O–H groups in total. The van der Waals surface area contributed by atoms with Gasteiger partial charge in [0, 0.05) is 45.2 Å². The molecule has 31 heavy (non-hydrogen) atoms. The van der Waals surface area contributed by atoms with Crippen molar-refractivity contribution >= 4 is 41.9 Å². The third kappa shape index (κ3) is 9.82. The van der Waals surface area contributed by atoms with E-state index in [4.69, 9.17) is 4.74 Å². The van der Waals surface area contributed by atoms with Crippen molar-refractivity contribution < 1.29 is 14.3 Å². The second-order valence-electron chi connectivity index (χ2n) is 9.41. The molecule has 2 fully saturated rings. The molecule has 2 amide bonds. The number of carbonyl (C=O) groups excluding carboxylic acids is 2. The minimum atomic E-state index is -0.505. The topological polar surface area (TPSA) is 86.3 Å². The predicted molar refractivity (Wildman–Crippen MR) is 135 cm³/mol. The maximum Gasteiger partial charge on any atom is 0.410 e. The van der Waals surface area contributed by atoms with Crippen LogP contribution in [0.25, 0.3) is 0 Å². The molecule has 2 rings (SSSR count). The van der Waals surface area contributed by atoms with Gasteiger partial charge in [-0.25, -0.2) is 4.79 Å². The number of aliphatic imine (C=N–C) groups is 1. The van der Waals surface area contributed by atoms with E-state index in [-0.39, 0.29) is 42.0 Å². The van der Waals surface area contributed by atoms with E-state index in [1.807, 2.05) is 32.6 Å². The number of carbonyl (C=O) groups is 2. The summed E-state index contributed by atoms with van der Waals surface area (Å²) < 4.78 is 5.37. The Morgan fingerprint density at radius 2 is 1.84 bits per heavy atom. The quantitative estimate of drug-likeness (QED) is 0.301. The molecule has 0 aromatic rings. The second-order valence-corrected chi connectivity index (χ2v) is 9.41. The Bertz CT molecular complexity index is 602. The van der Waals surface area contributed by atoms with Crippen molar-refractivity contribution in [3.05, 3.63) is 0 Å². The second kappa shape index (κ2) is 13.3. The van der Waals surface area contributed by atoms with E-state index in [0.717, 1.165) is 44.9 Å². The standard InChI is InChI=1S/C22H41N5O3.HI/c1-6-23-20(24-13-15-26(5)21(29)30-22(2,3)4)25-18-12-14-27(16-18)19(28)17-10-8-7-9-11-17;/h17-18H,6-16H2,1-5H3,(H2,23,24,25);1H. The smallest absolute Gasteiger partial charge is 0.410 e. The van der Waals surface area contributed by atoms with Gasteiger partial charge in [0.25, 0.3) is 0 Å². The van der Waals surface area contributed by atoms with Crippen LogP contribution < -0.4 is 10.6 Å². The van der Waals surface area contributed by atoms with Crippen molar-refractivity contribution in [3.8, 4) is 0 Å². The summed E-state index contributed by atoms with van der Waals surface area (Å²) in [4.78, 5) is 33.0. The number of hydrogen-bond acceptors (Lipinski definition) is 4. The van der Waals surface area contributed by atoms with Crippen molar-refractivity contribution in [2.24, 2.45) is 10.9 Å². The van der Waals surface area contributed by atoms with Gasteiger partial charge in [-0.1, -0.05) is 19.3 Å². The number of ether oxygens (including phenoxy) is 1. The Hall–Kier alpha value is -1.26. The lowest BCUT2D eigenvalue weighted by Crippen LogP contribution is -2.46. The first-order valence-electron chi connectivity index (χ1n) is 11.5. The van der Waals surface area contributed by atoms with Gasteiger partial charge in [0.2, 0.25) is 5.91 Å². The first kappa shape index (κ1) is 27.8. The van der Waals surface area contributed by atoms with Crippen molar-refractivity contribution in [2.45, 2.75) is 77.9 Å². The van der Waals surface area contributed by atoms with E-state index in [9.17, 15) is 9.59 Å². The van der Waals surface area contributed by atoms with Crippen molar-refractivity contribution in [1.29, 1.82) is 0 Å². The molecule has 0 aromatic heterocycles. The molecular weight excluding hydrogens is 509 g/mol. The Balaban J connectivity index is 0.00000480. The van der Waals surface area contributed by atoms with Gasteiger partial charge < -0.3 is 25.2 Å². The Morgan fingerprint density at radius 3 is 2.45 bits per heavy atom. The third-order valence-corrected chi connectivity index (χ3v) is 5.55. The fraction of sp³-hybridized carbons (Fsp3) is 0.864. The predicted octanol–water partition coefficient (Wildman–Crippen LogP) is 3.21. The van der Waals surface area contributed by atoms with Crippen molar-refractivity contribution in [3.63, 3.8) is 0 Å². The summed E-state index contributed by atoms with van der Waals surface area (Å²) in [5.41, 5.74) is -0.505. The van der Waals surface area contributed by atoms with Crippen LogP contribution in [0, 0.1) is 5.92 Å². The van der Waals surface area contributed by atoms with Gasteiger partial charge >= 0.3 is 6.09 Å². The van der Waals surface area contributed by atoms with Gasteiger partial charge in [-0.2, -0.15) is 0 Å². The Morgan fingerprint density at radius 1 is 1.16 bits per heavy atom. The number of likely N-dealkylation sites (tertiary alicyclic amines) is 1. The van der Waals surface area contributed by atoms with Crippen molar-refractivity contribution in [2.75, 3.05) is 39.8 Å². The van der Waals surface area contributed by atoms with Crippen LogP contribution in [0.1, 0.15) is 66.2 Å². The molecule has 1 heterocycles. The average molecular weight is 552 g/mol.